The lowest BCUT2D eigenvalue weighted by atomic mass is 9.71. The van der Waals surface area contributed by atoms with Crippen molar-refractivity contribution in [3.8, 4) is 5.75 Å². The highest BCUT2D eigenvalue weighted by atomic mass is 35.5. The maximum Gasteiger partial charge on any atom is 0.343 e. The van der Waals surface area contributed by atoms with E-state index >= 15 is 0 Å². The number of hydrogen-bond acceptors (Lipinski definition) is 4. The summed E-state index contributed by atoms with van der Waals surface area (Å²) in [5, 5.41) is 1.20. The molecule has 0 radical (unpaired) electrons. The van der Waals surface area contributed by atoms with Crippen molar-refractivity contribution < 1.29 is 19.1 Å². The van der Waals surface area contributed by atoms with Crippen LogP contribution in [0.3, 0.4) is 0 Å². The standard InChI is InChI=1S/C20H21ClO2.C13H13ClO2.C2H4/c1-20(12-3-2-4-13-20)16-6-5-7-18(14-16)23-19(22)15-8-10-17(21)11-9-15;1-3-5-12(4-2)16-13(15)10-6-8-11(14)9-7-10;1-2/h5-11,14H,2-4,12-13H2,1H3;3-9H,1-2H3;1-2H2/b;5-3-,12-4+;. The third-order valence-corrected chi connectivity index (χ3v) is 7.19. The van der Waals surface area contributed by atoms with Crippen LogP contribution in [-0.4, -0.2) is 11.9 Å². The number of halogens is 2. The fraction of sp³-hybridized carbons (Fsp3) is 0.257. The van der Waals surface area contributed by atoms with Gasteiger partial charge in [0, 0.05) is 10.0 Å². The van der Waals surface area contributed by atoms with Crippen molar-refractivity contribution in [1.29, 1.82) is 0 Å². The van der Waals surface area contributed by atoms with E-state index in [4.69, 9.17) is 32.7 Å². The first-order chi connectivity index (χ1) is 19.7. The molecule has 0 saturated heterocycles. The zero-order chi connectivity index (χ0) is 30.3. The third-order valence-electron chi connectivity index (χ3n) is 6.68. The zero-order valence-electron chi connectivity index (χ0n) is 24.0. The van der Waals surface area contributed by atoms with Gasteiger partial charge in [-0.3, -0.25) is 0 Å². The van der Waals surface area contributed by atoms with Crippen LogP contribution < -0.4 is 4.74 Å². The Morgan fingerprint density at radius 3 is 1.85 bits per heavy atom. The monoisotopic (exact) mass is 592 g/mol. The van der Waals surface area contributed by atoms with Crippen molar-refractivity contribution >= 4 is 35.1 Å². The van der Waals surface area contributed by atoms with Gasteiger partial charge in [0.25, 0.3) is 0 Å². The maximum absolute atomic E-state index is 12.2. The highest BCUT2D eigenvalue weighted by Crippen LogP contribution is 2.39. The van der Waals surface area contributed by atoms with Gasteiger partial charge in [-0.1, -0.05) is 67.6 Å². The molecule has 6 heteroatoms. The number of ether oxygens (including phenoxy) is 2. The fourth-order valence-electron chi connectivity index (χ4n) is 4.41. The summed E-state index contributed by atoms with van der Waals surface area (Å²) in [5.41, 5.74) is 2.44. The highest BCUT2D eigenvalue weighted by molar-refractivity contribution is 6.31. The molecule has 0 heterocycles. The summed E-state index contributed by atoms with van der Waals surface area (Å²) in [5.74, 6) is 0.396. The summed E-state index contributed by atoms with van der Waals surface area (Å²) in [4.78, 5) is 23.9. The van der Waals surface area contributed by atoms with E-state index in [0.29, 0.717) is 32.7 Å². The minimum atomic E-state index is -0.386. The first-order valence-corrected chi connectivity index (χ1v) is 14.3. The predicted molar refractivity (Wildman–Crippen MR) is 170 cm³/mol. The summed E-state index contributed by atoms with van der Waals surface area (Å²) >= 11 is 11.6. The second kappa shape index (κ2) is 17.3. The summed E-state index contributed by atoms with van der Waals surface area (Å²) in [6.07, 6.45) is 11.5. The van der Waals surface area contributed by atoms with Gasteiger partial charge in [0.15, 0.2) is 0 Å². The predicted octanol–water partition coefficient (Wildman–Crippen LogP) is 10.6. The van der Waals surface area contributed by atoms with Crippen molar-refractivity contribution in [2.45, 2.75) is 58.3 Å². The Morgan fingerprint density at radius 1 is 0.805 bits per heavy atom. The number of carbonyl (C=O) groups is 2. The van der Waals surface area contributed by atoms with E-state index in [1.807, 2.05) is 38.1 Å². The molecule has 1 fully saturated rings. The van der Waals surface area contributed by atoms with Gasteiger partial charge in [-0.2, -0.15) is 0 Å². The SMILES string of the molecule is C/C=C\C(=C/C)OC(=O)c1ccc(Cl)cc1.C=C.CC1(c2cccc(OC(=O)c3ccc(Cl)cc3)c2)CCCCC1. The van der Waals surface area contributed by atoms with Gasteiger partial charge in [0.2, 0.25) is 0 Å². The lowest BCUT2D eigenvalue weighted by Crippen LogP contribution is -2.25. The molecular formula is C35H38Cl2O4. The van der Waals surface area contributed by atoms with Gasteiger partial charge in [-0.05, 0) is 110 Å². The molecule has 1 saturated carbocycles. The average Bonchev–Trinajstić information content (AvgIpc) is 2.99. The molecule has 1 aliphatic carbocycles. The third kappa shape index (κ3) is 10.7. The second-order valence-corrected chi connectivity index (χ2v) is 10.5. The smallest absolute Gasteiger partial charge is 0.343 e. The van der Waals surface area contributed by atoms with Gasteiger partial charge in [0.05, 0.1) is 11.1 Å². The average molecular weight is 594 g/mol. The fourth-order valence-corrected chi connectivity index (χ4v) is 4.67. The topological polar surface area (TPSA) is 52.6 Å². The summed E-state index contributed by atoms with van der Waals surface area (Å²) in [7, 11) is 0. The van der Waals surface area contributed by atoms with Gasteiger partial charge >= 0.3 is 11.9 Å². The normalized spacial score (nSPS) is 14.1. The number of rotatable bonds is 6. The first kappa shape index (κ1) is 33.6. The number of carbonyl (C=O) groups excluding carboxylic acids is 2. The van der Waals surface area contributed by atoms with E-state index in [1.54, 1.807) is 60.7 Å². The molecule has 4 rings (SSSR count). The summed E-state index contributed by atoms with van der Waals surface area (Å²) in [6.45, 7) is 12.0. The van der Waals surface area contributed by atoms with E-state index in [2.05, 4.69) is 26.1 Å². The van der Waals surface area contributed by atoms with E-state index < -0.39 is 0 Å². The Balaban J connectivity index is 0.000000288. The number of allylic oxidation sites excluding steroid dienone is 3. The minimum absolute atomic E-state index is 0.195. The van der Waals surface area contributed by atoms with E-state index in [9.17, 15) is 9.59 Å². The van der Waals surface area contributed by atoms with Crippen molar-refractivity contribution in [2.75, 3.05) is 0 Å². The molecule has 0 spiro atoms. The van der Waals surface area contributed by atoms with Crippen LogP contribution in [0.4, 0.5) is 0 Å². The number of benzene rings is 3. The molecule has 0 N–H and O–H groups in total. The van der Waals surface area contributed by atoms with E-state index in [-0.39, 0.29) is 17.4 Å². The summed E-state index contributed by atoms with van der Waals surface area (Å²) in [6, 6.07) is 21.3. The Bertz CT molecular complexity index is 1320. The molecule has 0 bridgehead atoms. The zero-order valence-corrected chi connectivity index (χ0v) is 25.5. The first-order valence-electron chi connectivity index (χ1n) is 13.6. The molecule has 0 aromatic heterocycles. The molecule has 0 atom stereocenters. The van der Waals surface area contributed by atoms with E-state index in [0.717, 1.165) is 0 Å². The van der Waals surface area contributed by atoms with Crippen LogP contribution in [0.5, 0.6) is 5.75 Å². The minimum Gasteiger partial charge on any atom is -0.423 e. The lowest BCUT2D eigenvalue weighted by Gasteiger charge is -2.34. The van der Waals surface area contributed by atoms with Crippen molar-refractivity contribution in [3.05, 3.63) is 137 Å². The van der Waals surface area contributed by atoms with Crippen LogP contribution >= 0.6 is 23.2 Å². The van der Waals surface area contributed by atoms with Gasteiger partial charge < -0.3 is 9.47 Å². The van der Waals surface area contributed by atoms with E-state index in [1.165, 1.54) is 37.7 Å². The van der Waals surface area contributed by atoms with Gasteiger partial charge in [-0.25, -0.2) is 9.59 Å². The maximum atomic E-state index is 12.2. The van der Waals surface area contributed by atoms with Crippen LogP contribution in [0.2, 0.25) is 10.0 Å². The van der Waals surface area contributed by atoms with Crippen LogP contribution in [0.15, 0.2) is 110 Å². The van der Waals surface area contributed by atoms with Gasteiger partial charge in [-0.15, -0.1) is 13.2 Å². The van der Waals surface area contributed by atoms with Crippen molar-refractivity contribution in [3.63, 3.8) is 0 Å². The molecule has 41 heavy (non-hydrogen) atoms. The molecule has 3 aromatic carbocycles. The lowest BCUT2D eigenvalue weighted by molar-refractivity contribution is 0.0635. The summed E-state index contributed by atoms with van der Waals surface area (Å²) < 4.78 is 10.7. The van der Waals surface area contributed by atoms with Crippen LogP contribution in [-0.2, 0) is 10.2 Å². The molecule has 1 aliphatic rings. The van der Waals surface area contributed by atoms with Crippen LogP contribution in [0.25, 0.3) is 0 Å². The van der Waals surface area contributed by atoms with Crippen molar-refractivity contribution in [2.24, 2.45) is 0 Å². The number of hydrogen-bond donors (Lipinski definition) is 0. The largest absolute Gasteiger partial charge is 0.423 e. The second-order valence-electron chi connectivity index (χ2n) is 9.63. The van der Waals surface area contributed by atoms with Crippen LogP contribution in [0.1, 0.15) is 79.2 Å². The Kier molecular flexibility index (Phi) is 14.2. The highest BCUT2D eigenvalue weighted by Gasteiger charge is 2.29. The van der Waals surface area contributed by atoms with Gasteiger partial charge in [0.1, 0.15) is 11.5 Å². The molecule has 4 nitrogen and oxygen atoms in total. The molecule has 216 valence electrons. The van der Waals surface area contributed by atoms with Crippen molar-refractivity contribution in [1.82, 2.24) is 0 Å². The molecule has 0 aliphatic heterocycles. The molecule has 0 amide bonds. The van der Waals surface area contributed by atoms with Crippen LogP contribution in [0, 0.1) is 0 Å². The molecule has 3 aromatic rings. The quantitative estimate of drug-likeness (QED) is 0.0938. The molecular weight excluding hydrogens is 555 g/mol. The Morgan fingerprint density at radius 2 is 1.34 bits per heavy atom. The Hall–Kier alpha value is -3.60. The number of esters is 2. The Labute approximate surface area is 254 Å². The molecule has 0 unspecified atom stereocenters.